The number of benzene rings is 3. The fourth-order valence-corrected chi connectivity index (χ4v) is 4.00. The molecule has 3 aromatic rings. The number of aliphatic hydroxyl groups excluding tert-OH is 1. The minimum Gasteiger partial charge on any atom is -0.503 e. The summed E-state index contributed by atoms with van der Waals surface area (Å²) in [7, 11) is 0. The maximum absolute atomic E-state index is 13.1. The number of carbonyl (C=O) groups excluding carboxylic acids is 2. The molecule has 0 saturated carbocycles. The molecule has 0 radical (unpaired) electrons. The third-order valence-corrected chi connectivity index (χ3v) is 5.96. The smallest absolute Gasteiger partial charge is 0.294 e. The second-order valence-electron chi connectivity index (χ2n) is 6.98. The topological polar surface area (TPSA) is 57.6 Å². The summed E-state index contributed by atoms with van der Waals surface area (Å²) in [5, 5.41) is 11.2. The molecule has 0 unspecified atom stereocenters. The number of ketones is 1. The lowest BCUT2D eigenvalue weighted by atomic mass is 9.95. The Labute approximate surface area is 198 Å². The van der Waals surface area contributed by atoms with Gasteiger partial charge in [0.25, 0.3) is 5.91 Å². The zero-order chi connectivity index (χ0) is 22.0. The van der Waals surface area contributed by atoms with Crippen molar-refractivity contribution < 1.29 is 14.7 Å². The molecule has 1 heterocycles. The summed E-state index contributed by atoms with van der Waals surface area (Å²) >= 11 is 8.22. The Bertz CT molecular complexity index is 1190. The fraction of sp³-hybridized carbons (Fsp3) is 0.0400. The van der Waals surface area contributed by atoms with Crippen molar-refractivity contribution in [1.29, 1.82) is 0 Å². The first-order valence-electron chi connectivity index (χ1n) is 9.51. The van der Waals surface area contributed by atoms with Crippen LogP contribution in [0.3, 0.4) is 0 Å². The third kappa shape index (κ3) is 4.43. The molecule has 3 aromatic carbocycles. The number of hydrogen-bond acceptors (Lipinski definition) is 3. The van der Waals surface area contributed by atoms with Crippen LogP contribution in [0.1, 0.15) is 17.2 Å². The zero-order valence-corrected chi connectivity index (χ0v) is 19.1. The van der Waals surface area contributed by atoms with Crippen LogP contribution in [0.25, 0.3) is 6.08 Å². The molecule has 0 saturated heterocycles. The van der Waals surface area contributed by atoms with E-state index in [-0.39, 0.29) is 5.57 Å². The van der Waals surface area contributed by atoms with E-state index in [1.807, 2.05) is 42.5 Å². The van der Waals surface area contributed by atoms with Gasteiger partial charge in [-0.05, 0) is 76.2 Å². The van der Waals surface area contributed by atoms with Gasteiger partial charge in [-0.2, -0.15) is 0 Å². The van der Waals surface area contributed by atoms with E-state index in [1.54, 1.807) is 42.5 Å². The van der Waals surface area contributed by atoms with E-state index in [4.69, 9.17) is 11.6 Å². The predicted octanol–water partition coefficient (Wildman–Crippen LogP) is 6.13. The lowest BCUT2D eigenvalue weighted by Crippen LogP contribution is -2.30. The number of rotatable bonds is 5. The van der Waals surface area contributed by atoms with Crippen LogP contribution < -0.4 is 4.90 Å². The van der Waals surface area contributed by atoms with Gasteiger partial charge in [0.05, 0.1) is 11.6 Å². The molecular formula is C25H17ClINO3. The van der Waals surface area contributed by atoms with Gasteiger partial charge in [-0.15, -0.1) is 0 Å². The number of allylic oxidation sites excluding steroid dienone is 1. The van der Waals surface area contributed by atoms with E-state index in [9.17, 15) is 14.7 Å². The summed E-state index contributed by atoms with van der Waals surface area (Å²) in [5.74, 6) is -1.58. The van der Waals surface area contributed by atoms with Crippen LogP contribution >= 0.6 is 34.2 Å². The van der Waals surface area contributed by atoms with E-state index in [0.717, 1.165) is 9.13 Å². The van der Waals surface area contributed by atoms with Crippen LogP contribution in [-0.4, -0.2) is 16.8 Å². The van der Waals surface area contributed by atoms with Crippen molar-refractivity contribution in [2.45, 2.75) is 6.04 Å². The first kappa shape index (κ1) is 21.3. The Balaban J connectivity index is 1.78. The monoisotopic (exact) mass is 541 g/mol. The number of carbonyl (C=O) groups is 2. The number of anilines is 1. The third-order valence-electron chi connectivity index (χ3n) is 4.99. The molecular weight excluding hydrogens is 525 g/mol. The Morgan fingerprint density at radius 3 is 2.26 bits per heavy atom. The van der Waals surface area contributed by atoms with Crippen molar-refractivity contribution in [2.75, 3.05) is 4.90 Å². The highest BCUT2D eigenvalue weighted by Gasteiger charge is 2.43. The van der Waals surface area contributed by atoms with Gasteiger partial charge >= 0.3 is 0 Å². The quantitative estimate of drug-likeness (QED) is 0.312. The summed E-state index contributed by atoms with van der Waals surface area (Å²) in [6.07, 6.45) is 3.05. The summed E-state index contributed by atoms with van der Waals surface area (Å²) in [6, 6.07) is 22.8. The minimum atomic E-state index is -0.766. The molecule has 1 aliphatic rings. The molecule has 4 rings (SSSR count). The number of hydrogen-bond donors (Lipinski definition) is 1. The molecule has 4 nitrogen and oxygen atoms in total. The van der Waals surface area contributed by atoms with Crippen molar-refractivity contribution in [2.24, 2.45) is 0 Å². The van der Waals surface area contributed by atoms with Crippen molar-refractivity contribution in [3.63, 3.8) is 0 Å². The standard InChI is InChI=1S/C25H17ClINO3/c26-18-9-7-17(8-10-18)23-22(21(29)15-6-16-4-2-1-3-5-16)24(30)25(31)28(23)20-13-11-19(27)12-14-20/h1-15,23,30H/b15-6+/t23-/m0/s1. The number of nitrogens with zero attached hydrogens (tertiary/aromatic N) is 1. The fourth-order valence-electron chi connectivity index (χ4n) is 3.51. The maximum Gasteiger partial charge on any atom is 0.294 e. The predicted molar refractivity (Wildman–Crippen MR) is 131 cm³/mol. The first-order chi connectivity index (χ1) is 15.0. The lowest BCUT2D eigenvalue weighted by molar-refractivity contribution is -0.117. The lowest BCUT2D eigenvalue weighted by Gasteiger charge is -2.26. The van der Waals surface area contributed by atoms with Gasteiger partial charge in [0.2, 0.25) is 0 Å². The second-order valence-corrected chi connectivity index (χ2v) is 8.66. The van der Waals surface area contributed by atoms with Gasteiger partial charge in [-0.1, -0.05) is 60.1 Å². The van der Waals surface area contributed by atoms with Crippen molar-refractivity contribution >= 4 is 57.6 Å². The summed E-state index contributed by atoms with van der Waals surface area (Å²) in [5.41, 5.74) is 2.15. The van der Waals surface area contributed by atoms with Crippen molar-refractivity contribution in [3.8, 4) is 0 Å². The molecule has 0 spiro atoms. The second kappa shape index (κ2) is 9.08. The van der Waals surface area contributed by atoms with Gasteiger partial charge in [-0.3, -0.25) is 14.5 Å². The van der Waals surface area contributed by atoms with Gasteiger partial charge in [0, 0.05) is 14.3 Å². The van der Waals surface area contributed by atoms with E-state index < -0.39 is 23.5 Å². The summed E-state index contributed by atoms with van der Waals surface area (Å²) < 4.78 is 1.01. The molecule has 0 bridgehead atoms. The van der Waals surface area contributed by atoms with Gasteiger partial charge in [0.1, 0.15) is 0 Å². The van der Waals surface area contributed by atoms with Crippen molar-refractivity contribution in [3.05, 3.63) is 116 Å². The molecule has 0 aromatic heterocycles. The van der Waals surface area contributed by atoms with Gasteiger partial charge in [-0.25, -0.2) is 0 Å². The molecule has 6 heteroatoms. The summed E-state index contributed by atoms with van der Waals surface area (Å²) in [4.78, 5) is 27.6. The number of amides is 1. The maximum atomic E-state index is 13.1. The van der Waals surface area contributed by atoms with Crippen LogP contribution in [0.4, 0.5) is 5.69 Å². The van der Waals surface area contributed by atoms with E-state index in [2.05, 4.69) is 22.6 Å². The van der Waals surface area contributed by atoms with Crippen LogP contribution in [0, 0.1) is 3.57 Å². The van der Waals surface area contributed by atoms with Crippen molar-refractivity contribution in [1.82, 2.24) is 0 Å². The van der Waals surface area contributed by atoms with Gasteiger partial charge < -0.3 is 5.11 Å². The van der Waals surface area contributed by atoms with Crippen LogP contribution in [0.5, 0.6) is 0 Å². The Morgan fingerprint density at radius 2 is 1.61 bits per heavy atom. The van der Waals surface area contributed by atoms with Crippen LogP contribution in [0.2, 0.25) is 5.02 Å². The minimum absolute atomic E-state index is 0.0399. The Hall–Kier alpha value is -2.90. The molecule has 1 N–H and O–H groups in total. The number of aliphatic hydroxyl groups is 1. The Morgan fingerprint density at radius 1 is 0.968 bits per heavy atom. The van der Waals surface area contributed by atoms with E-state index >= 15 is 0 Å². The molecule has 0 fully saturated rings. The van der Waals surface area contributed by atoms with E-state index in [0.29, 0.717) is 16.3 Å². The normalized spacial score (nSPS) is 16.4. The molecule has 0 aliphatic carbocycles. The highest BCUT2D eigenvalue weighted by atomic mass is 127. The molecule has 1 atom stereocenters. The van der Waals surface area contributed by atoms with Gasteiger partial charge in [0.15, 0.2) is 11.5 Å². The highest BCUT2D eigenvalue weighted by Crippen LogP contribution is 2.41. The Kier molecular flexibility index (Phi) is 6.25. The zero-order valence-electron chi connectivity index (χ0n) is 16.2. The molecule has 31 heavy (non-hydrogen) atoms. The average Bonchev–Trinajstić information content (AvgIpc) is 3.05. The largest absolute Gasteiger partial charge is 0.503 e. The van der Waals surface area contributed by atoms with Crippen LogP contribution in [-0.2, 0) is 9.59 Å². The van der Waals surface area contributed by atoms with Crippen LogP contribution in [0.15, 0.2) is 96.3 Å². The van der Waals surface area contributed by atoms with E-state index in [1.165, 1.54) is 11.0 Å². The highest BCUT2D eigenvalue weighted by molar-refractivity contribution is 14.1. The SMILES string of the molecule is O=C(/C=C/c1ccccc1)C1=C(O)C(=O)N(c2ccc(I)cc2)[C@H]1c1ccc(Cl)cc1. The average molecular weight is 542 g/mol. The summed E-state index contributed by atoms with van der Waals surface area (Å²) in [6.45, 7) is 0. The molecule has 1 aliphatic heterocycles. The molecule has 154 valence electrons. The number of halogens is 2. The molecule has 1 amide bonds. The first-order valence-corrected chi connectivity index (χ1v) is 11.0.